The van der Waals surface area contributed by atoms with Crippen LogP contribution in [-0.4, -0.2) is 52.5 Å². The van der Waals surface area contributed by atoms with Crippen LogP contribution < -0.4 is 10.2 Å². The fourth-order valence-electron chi connectivity index (χ4n) is 2.96. The van der Waals surface area contributed by atoms with E-state index in [0.717, 1.165) is 42.8 Å². The van der Waals surface area contributed by atoms with Gasteiger partial charge < -0.3 is 15.0 Å². The van der Waals surface area contributed by atoms with Gasteiger partial charge in [-0.25, -0.2) is 0 Å². The first kappa shape index (κ1) is 11.0. The van der Waals surface area contributed by atoms with Crippen molar-refractivity contribution in [3.63, 3.8) is 0 Å². The lowest BCUT2D eigenvalue weighted by atomic mass is 10.2. The molecule has 2 N–H and O–H groups in total. The topological polar surface area (TPSA) is 79.0 Å². The number of morpholine rings is 1. The minimum absolute atomic E-state index is 0.341. The monoisotopic (exact) mass is 260 g/mol. The van der Waals surface area contributed by atoms with Gasteiger partial charge in [0.1, 0.15) is 5.82 Å². The van der Waals surface area contributed by atoms with Gasteiger partial charge in [-0.15, -0.1) is 0 Å². The second-order valence-corrected chi connectivity index (χ2v) is 5.12. The van der Waals surface area contributed by atoms with E-state index in [-0.39, 0.29) is 0 Å². The summed E-state index contributed by atoms with van der Waals surface area (Å²) in [4.78, 5) is 11.3. The zero-order chi connectivity index (χ0) is 12.8. The highest BCUT2D eigenvalue weighted by atomic mass is 16.5. The molecule has 0 saturated carbocycles. The first-order valence-corrected chi connectivity index (χ1v) is 6.63. The molecule has 2 fully saturated rings. The number of H-pyrrole nitrogens is 1. The Kier molecular flexibility index (Phi) is 2.34. The SMILES string of the molecule is CNc1nc(N2CC3CCC(C2)O3)c2cn[nH]c2n1. The van der Waals surface area contributed by atoms with Crippen LogP contribution in [0, 0.1) is 0 Å². The van der Waals surface area contributed by atoms with E-state index in [1.807, 2.05) is 7.05 Å². The fourth-order valence-corrected chi connectivity index (χ4v) is 2.96. The maximum Gasteiger partial charge on any atom is 0.226 e. The van der Waals surface area contributed by atoms with Gasteiger partial charge in [-0.05, 0) is 12.8 Å². The van der Waals surface area contributed by atoms with Gasteiger partial charge in [0, 0.05) is 20.1 Å². The van der Waals surface area contributed by atoms with Gasteiger partial charge in [-0.2, -0.15) is 15.1 Å². The maximum absolute atomic E-state index is 5.87. The number of nitrogens with zero attached hydrogens (tertiary/aromatic N) is 4. The van der Waals surface area contributed by atoms with E-state index in [1.54, 1.807) is 6.20 Å². The van der Waals surface area contributed by atoms with E-state index in [2.05, 4.69) is 30.4 Å². The van der Waals surface area contributed by atoms with E-state index in [4.69, 9.17) is 4.74 Å². The van der Waals surface area contributed by atoms with Crippen molar-refractivity contribution in [1.29, 1.82) is 0 Å². The van der Waals surface area contributed by atoms with Gasteiger partial charge in [0.25, 0.3) is 0 Å². The molecule has 2 unspecified atom stereocenters. The summed E-state index contributed by atoms with van der Waals surface area (Å²) in [6.45, 7) is 1.80. The Bertz CT molecular complexity index is 599. The Morgan fingerprint density at radius 1 is 1.32 bits per heavy atom. The zero-order valence-corrected chi connectivity index (χ0v) is 10.8. The standard InChI is InChI=1S/C12H16N6O/c1-13-12-15-10-9(4-14-17-10)11(16-12)18-5-7-2-3-8(6-18)19-7/h4,7-8H,2-3,5-6H2,1H3,(H2,13,14,15,16,17). The van der Waals surface area contributed by atoms with Gasteiger partial charge in [0.15, 0.2) is 5.65 Å². The van der Waals surface area contributed by atoms with Crippen LogP contribution in [0.1, 0.15) is 12.8 Å². The molecule has 0 spiro atoms. The Labute approximate surface area is 110 Å². The molecule has 0 aromatic carbocycles. The van der Waals surface area contributed by atoms with Gasteiger partial charge in [0.05, 0.1) is 23.8 Å². The lowest BCUT2D eigenvalue weighted by Gasteiger charge is -2.33. The number of nitrogens with one attached hydrogen (secondary N) is 2. The minimum atomic E-state index is 0.341. The fraction of sp³-hybridized carbons (Fsp3) is 0.583. The van der Waals surface area contributed by atoms with Crippen LogP contribution in [0.2, 0.25) is 0 Å². The normalized spacial score (nSPS) is 26.1. The first-order valence-electron chi connectivity index (χ1n) is 6.63. The molecule has 2 atom stereocenters. The number of rotatable bonds is 2. The molecule has 7 heteroatoms. The van der Waals surface area contributed by atoms with E-state index in [9.17, 15) is 0 Å². The number of hydrogen-bond donors (Lipinski definition) is 2. The number of ether oxygens (including phenoxy) is 1. The molecule has 2 aromatic heterocycles. The molecule has 0 amide bonds. The van der Waals surface area contributed by atoms with E-state index in [1.165, 1.54) is 0 Å². The largest absolute Gasteiger partial charge is 0.371 e. The molecule has 2 bridgehead atoms. The second kappa shape index (κ2) is 4.06. The average Bonchev–Trinajstić information content (AvgIpc) is 3.03. The Morgan fingerprint density at radius 2 is 2.11 bits per heavy atom. The third-order valence-corrected chi connectivity index (χ3v) is 3.86. The van der Waals surface area contributed by atoms with Crippen molar-refractivity contribution in [2.75, 3.05) is 30.4 Å². The van der Waals surface area contributed by atoms with Crippen molar-refractivity contribution in [3.8, 4) is 0 Å². The summed E-state index contributed by atoms with van der Waals surface area (Å²) < 4.78 is 5.87. The van der Waals surface area contributed by atoms with Crippen molar-refractivity contribution in [2.45, 2.75) is 25.0 Å². The maximum atomic E-state index is 5.87. The molecular weight excluding hydrogens is 244 g/mol. The number of aromatic nitrogens is 4. The van der Waals surface area contributed by atoms with Crippen molar-refractivity contribution < 1.29 is 4.74 Å². The van der Waals surface area contributed by atoms with Crippen molar-refractivity contribution in [2.24, 2.45) is 0 Å². The summed E-state index contributed by atoms with van der Waals surface area (Å²) in [5.41, 5.74) is 0.771. The van der Waals surface area contributed by atoms with Crippen molar-refractivity contribution in [1.82, 2.24) is 20.2 Å². The lowest BCUT2D eigenvalue weighted by Crippen LogP contribution is -2.43. The van der Waals surface area contributed by atoms with E-state index in [0.29, 0.717) is 18.2 Å². The quantitative estimate of drug-likeness (QED) is 0.830. The van der Waals surface area contributed by atoms with Crippen LogP contribution in [0.25, 0.3) is 11.0 Å². The van der Waals surface area contributed by atoms with E-state index < -0.39 is 0 Å². The third-order valence-electron chi connectivity index (χ3n) is 3.86. The number of anilines is 2. The van der Waals surface area contributed by atoms with E-state index >= 15 is 0 Å². The Morgan fingerprint density at radius 3 is 2.84 bits per heavy atom. The Balaban J connectivity index is 1.78. The molecule has 0 aliphatic carbocycles. The van der Waals surface area contributed by atoms with Crippen LogP contribution in [0.15, 0.2) is 6.20 Å². The van der Waals surface area contributed by atoms with Crippen molar-refractivity contribution >= 4 is 22.8 Å². The summed E-state index contributed by atoms with van der Waals surface area (Å²) in [5.74, 6) is 1.56. The number of fused-ring (bicyclic) bond motifs is 3. The van der Waals surface area contributed by atoms with Crippen LogP contribution in [0.5, 0.6) is 0 Å². The first-order chi connectivity index (χ1) is 9.33. The summed E-state index contributed by atoms with van der Waals surface area (Å²) in [6, 6.07) is 0. The predicted octanol–water partition coefficient (Wildman–Crippen LogP) is 0.762. The highest BCUT2D eigenvalue weighted by molar-refractivity contribution is 5.87. The molecule has 2 aromatic rings. The molecule has 100 valence electrons. The molecule has 2 aliphatic rings. The van der Waals surface area contributed by atoms with Crippen LogP contribution in [0.3, 0.4) is 0 Å². The summed E-state index contributed by atoms with van der Waals surface area (Å²) in [5, 5.41) is 11.0. The smallest absolute Gasteiger partial charge is 0.226 e. The second-order valence-electron chi connectivity index (χ2n) is 5.12. The molecule has 0 radical (unpaired) electrons. The third kappa shape index (κ3) is 1.73. The average molecular weight is 260 g/mol. The van der Waals surface area contributed by atoms with Crippen LogP contribution in [-0.2, 0) is 4.74 Å². The molecule has 2 saturated heterocycles. The zero-order valence-electron chi connectivity index (χ0n) is 10.8. The predicted molar refractivity (Wildman–Crippen MR) is 71.3 cm³/mol. The highest BCUT2D eigenvalue weighted by Crippen LogP contribution is 2.32. The van der Waals surface area contributed by atoms with Crippen LogP contribution >= 0.6 is 0 Å². The summed E-state index contributed by atoms with van der Waals surface area (Å²) in [7, 11) is 1.82. The minimum Gasteiger partial charge on any atom is -0.371 e. The number of aromatic amines is 1. The van der Waals surface area contributed by atoms with Gasteiger partial charge in [-0.3, -0.25) is 5.10 Å². The van der Waals surface area contributed by atoms with Gasteiger partial charge >= 0.3 is 0 Å². The summed E-state index contributed by atoms with van der Waals surface area (Å²) >= 11 is 0. The molecule has 19 heavy (non-hydrogen) atoms. The van der Waals surface area contributed by atoms with Gasteiger partial charge in [0.2, 0.25) is 5.95 Å². The summed E-state index contributed by atoms with van der Waals surface area (Å²) in [6.07, 6.45) is 4.78. The van der Waals surface area contributed by atoms with Gasteiger partial charge in [-0.1, -0.05) is 0 Å². The molecule has 4 heterocycles. The lowest BCUT2D eigenvalue weighted by molar-refractivity contribution is 0.0303. The molecule has 2 aliphatic heterocycles. The van der Waals surface area contributed by atoms with Crippen molar-refractivity contribution in [3.05, 3.63) is 6.20 Å². The molecule has 7 nitrogen and oxygen atoms in total. The van der Waals surface area contributed by atoms with Crippen LogP contribution in [0.4, 0.5) is 11.8 Å². The Hall–Kier alpha value is -1.89. The molecule has 4 rings (SSSR count). The molecular formula is C12H16N6O. The number of hydrogen-bond acceptors (Lipinski definition) is 6. The highest BCUT2D eigenvalue weighted by Gasteiger charge is 2.35.